The summed E-state index contributed by atoms with van der Waals surface area (Å²) in [5.74, 6) is 0.966. The Morgan fingerprint density at radius 3 is 2.73 bits per heavy atom. The highest BCUT2D eigenvalue weighted by Crippen LogP contribution is 2.44. The standard InChI is InChI=1S/C25H26N2O2S/c1-17-6-5-9-21-23(17)24-19(16-29-21)14-22(30-24)25(28)26-20-10-12-27(13-11-20)15-18-7-3-2-4-8-18/h2-9,14,20H,10-13,15-16H2,1H3,(H,26,28). The first-order valence-corrected chi connectivity index (χ1v) is 11.4. The number of ether oxygens (including phenoxy) is 1. The molecule has 0 aliphatic carbocycles. The van der Waals surface area contributed by atoms with Gasteiger partial charge in [0.1, 0.15) is 12.4 Å². The quantitative estimate of drug-likeness (QED) is 0.648. The third-order valence-corrected chi connectivity index (χ3v) is 7.24. The zero-order chi connectivity index (χ0) is 20.5. The van der Waals surface area contributed by atoms with E-state index in [0.29, 0.717) is 6.61 Å². The molecule has 1 fully saturated rings. The Morgan fingerprint density at radius 1 is 1.13 bits per heavy atom. The van der Waals surface area contributed by atoms with E-state index in [2.05, 4.69) is 53.5 Å². The first kappa shape index (κ1) is 19.3. The van der Waals surface area contributed by atoms with Crippen molar-refractivity contribution < 1.29 is 9.53 Å². The monoisotopic (exact) mass is 418 g/mol. The highest BCUT2D eigenvalue weighted by Gasteiger charge is 2.26. The number of nitrogens with zero attached hydrogens (tertiary/aromatic N) is 1. The van der Waals surface area contributed by atoms with Crippen LogP contribution in [0, 0.1) is 6.92 Å². The summed E-state index contributed by atoms with van der Waals surface area (Å²) in [6.45, 7) is 5.65. The van der Waals surface area contributed by atoms with Gasteiger partial charge in [0.05, 0.1) is 4.88 Å². The normalized spacial score (nSPS) is 16.4. The molecule has 2 aliphatic heterocycles. The molecule has 1 N–H and O–H groups in total. The van der Waals surface area contributed by atoms with Gasteiger partial charge < -0.3 is 10.1 Å². The summed E-state index contributed by atoms with van der Waals surface area (Å²) in [6.07, 6.45) is 1.99. The molecule has 1 aromatic heterocycles. The minimum absolute atomic E-state index is 0.0473. The molecule has 154 valence electrons. The van der Waals surface area contributed by atoms with Gasteiger partial charge in [-0.3, -0.25) is 9.69 Å². The molecule has 5 heteroatoms. The van der Waals surface area contributed by atoms with E-state index in [9.17, 15) is 4.79 Å². The van der Waals surface area contributed by atoms with E-state index in [1.54, 1.807) is 11.3 Å². The maximum atomic E-state index is 12.9. The molecule has 0 saturated carbocycles. The number of benzene rings is 2. The lowest BCUT2D eigenvalue weighted by molar-refractivity contribution is 0.0913. The molecular weight excluding hydrogens is 392 g/mol. The SMILES string of the molecule is Cc1cccc2c1-c1sc(C(=O)NC3CCN(Cc4ccccc4)CC3)cc1CO2. The number of nitrogens with one attached hydrogen (secondary N) is 1. The van der Waals surface area contributed by atoms with E-state index < -0.39 is 0 Å². The number of carbonyl (C=O) groups is 1. The highest BCUT2D eigenvalue weighted by molar-refractivity contribution is 7.17. The van der Waals surface area contributed by atoms with Gasteiger partial charge in [0.2, 0.25) is 0 Å². The van der Waals surface area contributed by atoms with Crippen molar-refractivity contribution in [3.05, 3.63) is 76.2 Å². The minimum Gasteiger partial charge on any atom is -0.488 e. The fourth-order valence-electron chi connectivity index (χ4n) is 4.40. The van der Waals surface area contributed by atoms with Crippen molar-refractivity contribution in [3.8, 4) is 16.2 Å². The van der Waals surface area contributed by atoms with Gasteiger partial charge in [0.25, 0.3) is 5.91 Å². The topological polar surface area (TPSA) is 41.6 Å². The molecule has 1 saturated heterocycles. The third-order valence-electron chi connectivity index (χ3n) is 6.05. The van der Waals surface area contributed by atoms with Gasteiger partial charge in [-0.25, -0.2) is 0 Å². The van der Waals surface area contributed by atoms with E-state index in [4.69, 9.17) is 4.74 Å². The second-order valence-electron chi connectivity index (χ2n) is 8.21. The lowest BCUT2D eigenvalue weighted by atomic mass is 10.0. The average molecular weight is 419 g/mol. The largest absolute Gasteiger partial charge is 0.488 e. The molecule has 2 aromatic carbocycles. The smallest absolute Gasteiger partial charge is 0.261 e. The van der Waals surface area contributed by atoms with E-state index in [1.165, 1.54) is 16.0 Å². The second kappa shape index (κ2) is 8.25. The van der Waals surface area contributed by atoms with Crippen LogP contribution in [0.2, 0.25) is 0 Å². The van der Waals surface area contributed by atoms with Crippen molar-refractivity contribution in [3.63, 3.8) is 0 Å². The van der Waals surface area contributed by atoms with Crippen LogP contribution in [0.25, 0.3) is 10.4 Å². The Morgan fingerprint density at radius 2 is 1.93 bits per heavy atom. The number of thiophene rings is 1. The van der Waals surface area contributed by atoms with Gasteiger partial charge >= 0.3 is 0 Å². The summed E-state index contributed by atoms with van der Waals surface area (Å²) in [6, 6.07) is 19.0. The van der Waals surface area contributed by atoms with E-state index in [-0.39, 0.29) is 11.9 Å². The number of rotatable bonds is 4. The minimum atomic E-state index is 0.0473. The number of aryl methyl sites for hydroxylation is 1. The predicted molar refractivity (Wildman–Crippen MR) is 121 cm³/mol. The summed E-state index contributed by atoms with van der Waals surface area (Å²) in [5, 5.41) is 3.27. The molecule has 5 rings (SSSR count). The van der Waals surface area contributed by atoms with Crippen molar-refractivity contribution in [1.29, 1.82) is 0 Å². The van der Waals surface area contributed by atoms with Crippen molar-refractivity contribution in [1.82, 2.24) is 10.2 Å². The van der Waals surface area contributed by atoms with Crippen LogP contribution in [0.3, 0.4) is 0 Å². The van der Waals surface area contributed by atoms with Crippen LogP contribution in [0.5, 0.6) is 5.75 Å². The zero-order valence-electron chi connectivity index (χ0n) is 17.2. The first-order chi connectivity index (χ1) is 14.7. The van der Waals surface area contributed by atoms with E-state index in [1.807, 2.05) is 18.2 Å². The Labute approximate surface area is 181 Å². The van der Waals surface area contributed by atoms with Crippen LogP contribution in [-0.4, -0.2) is 29.9 Å². The molecule has 3 aromatic rings. The molecule has 2 aliphatic rings. The Kier molecular flexibility index (Phi) is 5.32. The molecule has 30 heavy (non-hydrogen) atoms. The van der Waals surface area contributed by atoms with Gasteiger partial charge in [-0.2, -0.15) is 0 Å². The maximum Gasteiger partial charge on any atom is 0.261 e. The number of piperidine rings is 1. The maximum absolute atomic E-state index is 12.9. The summed E-state index contributed by atoms with van der Waals surface area (Å²) in [7, 11) is 0. The fraction of sp³-hybridized carbons (Fsp3) is 0.320. The Hall–Kier alpha value is -2.63. The van der Waals surface area contributed by atoms with Crippen molar-refractivity contribution in [2.75, 3.05) is 13.1 Å². The molecule has 0 radical (unpaired) electrons. The zero-order valence-corrected chi connectivity index (χ0v) is 18.0. The van der Waals surface area contributed by atoms with Gasteiger partial charge in [0.15, 0.2) is 0 Å². The number of fused-ring (bicyclic) bond motifs is 3. The van der Waals surface area contributed by atoms with Crippen LogP contribution in [0.1, 0.15) is 39.2 Å². The van der Waals surface area contributed by atoms with E-state index in [0.717, 1.165) is 54.2 Å². The van der Waals surface area contributed by atoms with Crippen molar-refractivity contribution >= 4 is 17.2 Å². The number of hydrogen-bond acceptors (Lipinski definition) is 4. The predicted octanol–water partition coefficient (Wildman–Crippen LogP) is 5.01. The molecule has 0 unspecified atom stereocenters. The van der Waals surface area contributed by atoms with Gasteiger partial charge in [-0.05, 0) is 43.0 Å². The number of carbonyl (C=O) groups excluding carboxylic acids is 1. The Balaban J connectivity index is 1.22. The van der Waals surface area contributed by atoms with Crippen molar-refractivity contribution in [2.24, 2.45) is 0 Å². The fourth-order valence-corrected chi connectivity index (χ4v) is 5.59. The third kappa shape index (κ3) is 3.87. The molecule has 0 spiro atoms. The summed E-state index contributed by atoms with van der Waals surface area (Å²) in [4.78, 5) is 17.4. The lowest BCUT2D eigenvalue weighted by Crippen LogP contribution is -2.44. The summed E-state index contributed by atoms with van der Waals surface area (Å²) >= 11 is 1.59. The molecule has 1 amide bonds. The highest BCUT2D eigenvalue weighted by atomic mass is 32.1. The second-order valence-corrected chi connectivity index (χ2v) is 9.26. The number of likely N-dealkylation sites (tertiary alicyclic amines) is 1. The van der Waals surface area contributed by atoms with Crippen LogP contribution in [0.15, 0.2) is 54.6 Å². The summed E-state index contributed by atoms with van der Waals surface area (Å²) < 4.78 is 5.90. The molecule has 0 atom stereocenters. The average Bonchev–Trinajstić information content (AvgIpc) is 3.21. The van der Waals surface area contributed by atoms with Crippen LogP contribution >= 0.6 is 11.3 Å². The molecule has 3 heterocycles. The van der Waals surface area contributed by atoms with Crippen LogP contribution < -0.4 is 10.1 Å². The molecule has 0 bridgehead atoms. The summed E-state index contributed by atoms with van der Waals surface area (Å²) in [5.41, 5.74) is 4.79. The first-order valence-electron chi connectivity index (χ1n) is 10.6. The lowest BCUT2D eigenvalue weighted by Gasteiger charge is -2.32. The molecule has 4 nitrogen and oxygen atoms in total. The van der Waals surface area contributed by atoms with Gasteiger partial charge in [-0.1, -0.05) is 42.5 Å². The Bertz CT molecular complexity index is 1050. The van der Waals surface area contributed by atoms with Crippen LogP contribution in [0.4, 0.5) is 0 Å². The van der Waals surface area contributed by atoms with E-state index >= 15 is 0 Å². The number of amides is 1. The van der Waals surface area contributed by atoms with Gasteiger partial charge in [-0.15, -0.1) is 11.3 Å². The van der Waals surface area contributed by atoms with Crippen molar-refractivity contribution in [2.45, 2.75) is 39.0 Å². The number of hydrogen-bond donors (Lipinski definition) is 1. The van der Waals surface area contributed by atoms with Gasteiger partial charge in [0, 0.05) is 41.7 Å². The van der Waals surface area contributed by atoms with Crippen LogP contribution in [-0.2, 0) is 13.2 Å². The molecular formula is C25H26N2O2S.